The maximum atomic E-state index is 10.1. The van der Waals surface area contributed by atoms with E-state index in [2.05, 4.69) is 5.32 Å². The number of hydrogen-bond donors (Lipinski definition) is 3. The van der Waals surface area contributed by atoms with Crippen LogP contribution in [0.25, 0.3) is 0 Å². The van der Waals surface area contributed by atoms with Gasteiger partial charge in [0.25, 0.3) is 0 Å². The van der Waals surface area contributed by atoms with E-state index in [-0.39, 0.29) is 6.23 Å². The molecule has 0 aliphatic rings. The molecule has 123 valence electrons. The van der Waals surface area contributed by atoms with E-state index in [1.807, 2.05) is 46.0 Å². The fourth-order valence-electron chi connectivity index (χ4n) is 1.52. The standard InChI is InChI=1S/C16H28BN2O3/c1-7-14(18)21-13-10-11(8-9-12(13)19-6)17-22-16(4,5)15(2,3)20/h8-10,14,19-20H,7,18H2,1-6H3. The van der Waals surface area contributed by atoms with E-state index in [1.54, 1.807) is 21.3 Å². The highest BCUT2D eigenvalue weighted by Crippen LogP contribution is 2.26. The lowest BCUT2D eigenvalue weighted by Gasteiger charge is -2.37. The fourth-order valence-corrected chi connectivity index (χ4v) is 1.52. The molecule has 0 amide bonds. The van der Waals surface area contributed by atoms with Crippen molar-refractivity contribution < 1.29 is 14.5 Å². The molecule has 6 heteroatoms. The molecule has 0 aromatic heterocycles. The first-order chi connectivity index (χ1) is 10.1. The van der Waals surface area contributed by atoms with Crippen LogP contribution in [-0.4, -0.2) is 37.1 Å². The van der Waals surface area contributed by atoms with Gasteiger partial charge in [0.1, 0.15) is 12.0 Å². The molecule has 1 unspecified atom stereocenters. The summed E-state index contributed by atoms with van der Waals surface area (Å²) in [6, 6.07) is 5.68. The van der Waals surface area contributed by atoms with Gasteiger partial charge < -0.3 is 19.8 Å². The van der Waals surface area contributed by atoms with Crippen molar-refractivity contribution in [2.24, 2.45) is 5.73 Å². The summed E-state index contributed by atoms with van der Waals surface area (Å²) in [6.45, 7) is 9.10. The van der Waals surface area contributed by atoms with Crippen molar-refractivity contribution in [1.29, 1.82) is 0 Å². The fraction of sp³-hybridized carbons (Fsp3) is 0.625. The second kappa shape index (κ2) is 7.35. The monoisotopic (exact) mass is 307 g/mol. The van der Waals surface area contributed by atoms with Crippen molar-refractivity contribution in [3.8, 4) is 5.75 Å². The normalized spacial score (nSPS) is 13.6. The Kier molecular flexibility index (Phi) is 6.29. The third-order valence-corrected chi connectivity index (χ3v) is 3.92. The van der Waals surface area contributed by atoms with E-state index in [0.717, 1.165) is 17.6 Å². The molecule has 4 N–H and O–H groups in total. The summed E-state index contributed by atoms with van der Waals surface area (Å²) in [5.74, 6) is 0.676. The molecule has 5 nitrogen and oxygen atoms in total. The number of aliphatic hydroxyl groups is 1. The minimum atomic E-state index is -0.960. The van der Waals surface area contributed by atoms with Crippen LogP contribution in [-0.2, 0) is 4.65 Å². The van der Waals surface area contributed by atoms with Crippen LogP contribution in [0.4, 0.5) is 5.69 Å². The van der Waals surface area contributed by atoms with Crippen molar-refractivity contribution in [3.63, 3.8) is 0 Å². The van der Waals surface area contributed by atoms with Crippen LogP contribution in [0.1, 0.15) is 41.0 Å². The van der Waals surface area contributed by atoms with E-state index < -0.39 is 11.2 Å². The molecule has 1 aromatic rings. The predicted octanol–water partition coefficient (Wildman–Crippen LogP) is 1.61. The number of anilines is 1. The minimum absolute atomic E-state index is 0.351. The largest absolute Gasteiger partial charge is 0.473 e. The van der Waals surface area contributed by atoms with Crippen molar-refractivity contribution in [2.45, 2.75) is 58.5 Å². The first-order valence-corrected chi connectivity index (χ1v) is 7.58. The number of ether oxygens (including phenoxy) is 1. The molecule has 0 spiro atoms. The third kappa shape index (κ3) is 4.90. The van der Waals surface area contributed by atoms with Crippen LogP contribution in [0.3, 0.4) is 0 Å². The van der Waals surface area contributed by atoms with E-state index in [9.17, 15) is 5.11 Å². The average molecular weight is 307 g/mol. The van der Waals surface area contributed by atoms with Crippen molar-refractivity contribution >= 4 is 18.6 Å². The summed E-state index contributed by atoms with van der Waals surface area (Å²) in [5, 5.41) is 13.2. The summed E-state index contributed by atoms with van der Waals surface area (Å²) in [6.07, 6.45) is 0.371. The van der Waals surface area contributed by atoms with Gasteiger partial charge in [0.15, 0.2) is 0 Å². The van der Waals surface area contributed by atoms with Crippen molar-refractivity contribution in [3.05, 3.63) is 18.2 Å². The van der Waals surface area contributed by atoms with Crippen LogP contribution in [0.5, 0.6) is 5.75 Å². The lowest BCUT2D eigenvalue weighted by molar-refractivity contribution is -0.0893. The molecule has 1 radical (unpaired) electrons. The molecule has 0 aliphatic carbocycles. The average Bonchev–Trinajstić information content (AvgIpc) is 2.44. The summed E-state index contributed by atoms with van der Waals surface area (Å²) < 4.78 is 11.5. The molecule has 1 atom stereocenters. The Balaban J connectivity index is 2.86. The van der Waals surface area contributed by atoms with Gasteiger partial charge in [0, 0.05) is 7.05 Å². The molecule has 0 saturated carbocycles. The van der Waals surface area contributed by atoms with Gasteiger partial charge in [-0.3, -0.25) is 5.73 Å². The number of nitrogens with two attached hydrogens (primary N) is 1. The topological polar surface area (TPSA) is 76.7 Å². The summed E-state index contributed by atoms with van der Waals surface area (Å²) >= 11 is 0. The van der Waals surface area contributed by atoms with E-state index >= 15 is 0 Å². The quantitative estimate of drug-likeness (QED) is 0.502. The molecule has 0 bridgehead atoms. The van der Waals surface area contributed by atoms with Crippen LogP contribution in [0.2, 0.25) is 0 Å². The number of rotatable bonds is 8. The Labute approximate surface area is 134 Å². The van der Waals surface area contributed by atoms with Gasteiger partial charge >= 0.3 is 7.48 Å². The maximum absolute atomic E-state index is 10.1. The maximum Gasteiger partial charge on any atom is 0.331 e. The summed E-state index contributed by atoms with van der Waals surface area (Å²) in [4.78, 5) is 0. The highest BCUT2D eigenvalue weighted by atomic mass is 16.5. The third-order valence-electron chi connectivity index (χ3n) is 3.92. The Morgan fingerprint density at radius 3 is 2.45 bits per heavy atom. The van der Waals surface area contributed by atoms with E-state index in [4.69, 9.17) is 15.1 Å². The lowest BCUT2D eigenvalue weighted by Crippen LogP contribution is -2.49. The van der Waals surface area contributed by atoms with Crippen LogP contribution in [0, 0.1) is 0 Å². The molecular formula is C16H28BN2O3. The Hall–Kier alpha value is -1.24. The van der Waals surface area contributed by atoms with Crippen LogP contribution < -0.4 is 21.3 Å². The molecule has 22 heavy (non-hydrogen) atoms. The second-order valence-corrected chi connectivity index (χ2v) is 6.38. The SMILES string of the molecule is CCC(N)Oc1cc([B]OC(C)(C)C(C)(C)O)ccc1NC. The molecule has 0 saturated heterocycles. The van der Waals surface area contributed by atoms with Gasteiger partial charge in [-0.15, -0.1) is 0 Å². The zero-order chi connectivity index (χ0) is 17.0. The van der Waals surface area contributed by atoms with E-state index in [1.165, 1.54) is 0 Å². The first-order valence-electron chi connectivity index (χ1n) is 7.58. The zero-order valence-corrected chi connectivity index (χ0v) is 14.4. The number of hydrogen-bond acceptors (Lipinski definition) is 5. The van der Waals surface area contributed by atoms with Crippen LogP contribution in [0.15, 0.2) is 18.2 Å². The number of benzene rings is 1. The van der Waals surface area contributed by atoms with Gasteiger partial charge in [-0.1, -0.05) is 13.0 Å². The molecule has 1 rings (SSSR count). The van der Waals surface area contributed by atoms with Crippen molar-refractivity contribution in [2.75, 3.05) is 12.4 Å². The second-order valence-electron chi connectivity index (χ2n) is 6.38. The van der Waals surface area contributed by atoms with Crippen molar-refractivity contribution in [1.82, 2.24) is 0 Å². The molecule has 0 aliphatic heterocycles. The molecule has 0 fully saturated rings. The van der Waals surface area contributed by atoms with Gasteiger partial charge in [-0.2, -0.15) is 0 Å². The Bertz CT molecular complexity index is 487. The van der Waals surface area contributed by atoms with Gasteiger partial charge in [0.05, 0.1) is 16.9 Å². The first kappa shape index (κ1) is 18.8. The summed E-state index contributed by atoms with van der Waals surface area (Å²) in [7, 11) is 3.46. The van der Waals surface area contributed by atoms with Gasteiger partial charge in [-0.25, -0.2) is 0 Å². The Morgan fingerprint density at radius 1 is 1.32 bits per heavy atom. The molecular weight excluding hydrogens is 279 g/mol. The molecule has 0 heterocycles. The zero-order valence-electron chi connectivity index (χ0n) is 14.4. The van der Waals surface area contributed by atoms with E-state index in [0.29, 0.717) is 5.75 Å². The smallest absolute Gasteiger partial charge is 0.331 e. The highest BCUT2D eigenvalue weighted by molar-refractivity contribution is 6.47. The predicted molar refractivity (Wildman–Crippen MR) is 91.7 cm³/mol. The Morgan fingerprint density at radius 2 is 1.95 bits per heavy atom. The lowest BCUT2D eigenvalue weighted by atomic mass is 9.82. The molecule has 1 aromatic carbocycles. The number of nitrogens with one attached hydrogen (secondary N) is 1. The minimum Gasteiger partial charge on any atom is -0.473 e. The van der Waals surface area contributed by atoms with Crippen LogP contribution >= 0.6 is 0 Å². The van der Waals surface area contributed by atoms with Gasteiger partial charge in [-0.05, 0) is 51.7 Å². The summed E-state index contributed by atoms with van der Waals surface area (Å²) in [5.41, 5.74) is 5.89. The highest BCUT2D eigenvalue weighted by Gasteiger charge is 2.35. The van der Waals surface area contributed by atoms with Gasteiger partial charge in [0.2, 0.25) is 0 Å².